The maximum atomic E-state index is 5.16. The Labute approximate surface area is 119 Å². The molecule has 1 aromatic carbocycles. The van der Waals surface area contributed by atoms with Crippen molar-refractivity contribution in [3.63, 3.8) is 0 Å². The Balaban J connectivity index is 1.63. The number of hydrogen-bond donors (Lipinski definition) is 1. The minimum Gasteiger partial charge on any atom is -0.339 e. The summed E-state index contributed by atoms with van der Waals surface area (Å²) in [6.45, 7) is 5.75. The van der Waals surface area contributed by atoms with Crippen LogP contribution in [0.4, 0.5) is 0 Å². The van der Waals surface area contributed by atoms with E-state index >= 15 is 0 Å². The smallest absolute Gasteiger partial charge is 0.226 e. The normalized spacial score (nSPS) is 20.1. The molecule has 1 aliphatic heterocycles. The van der Waals surface area contributed by atoms with Crippen LogP contribution in [0.15, 0.2) is 34.9 Å². The van der Waals surface area contributed by atoms with Crippen molar-refractivity contribution >= 4 is 0 Å². The fraction of sp³-hybridized carbons (Fsp3) is 0.467. The van der Waals surface area contributed by atoms with E-state index in [2.05, 4.69) is 50.7 Å². The predicted molar refractivity (Wildman–Crippen MR) is 76.1 cm³/mol. The van der Waals surface area contributed by atoms with E-state index in [9.17, 15) is 0 Å². The lowest BCUT2D eigenvalue weighted by molar-refractivity contribution is 0.187. The third-order valence-corrected chi connectivity index (χ3v) is 3.64. The summed E-state index contributed by atoms with van der Waals surface area (Å²) in [7, 11) is 0. The monoisotopic (exact) mass is 272 g/mol. The number of hydrogen-bond acceptors (Lipinski definition) is 5. The van der Waals surface area contributed by atoms with Gasteiger partial charge in [-0.05, 0) is 5.56 Å². The van der Waals surface area contributed by atoms with Crippen LogP contribution >= 0.6 is 0 Å². The van der Waals surface area contributed by atoms with Crippen molar-refractivity contribution in [2.24, 2.45) is 0 Å². The van der Waals surface area contributed by atoms with E-state index < -0.39 is 0 Å². The van der Waals surface area contributed by atoms with Crippen molar-refractivity contribution in [1.29, 1.82) is 0 Å². The van der Waals surface area contributed by atoms with Gasteiger partial charge in [-0.1, -0.05) is 42.4 Å². The molecule has 2 aromatic rings. The molecule has 0 spiro atoms. The van der Waals surface area contributed by atoms with Gasteiger partial charge in [0.25, 0.3) is 0 Å². The maximum absolute atomic E-state index is 5.16. The second kappa shape index (κ2) is 6.15. The lowest BCUT2D eigenvalue weighted by Crippen LogP contribution is -2.45. The zero-order valence-electron chi connectivity index (χ0n) is 11.7. The van der Waals surface area contributed by atoms with Crippen molar-refractivity contribution in [1.82, 2.24) is 20.4 Å². The molecule has 2 heterocycles. The summed E-state index contributed by atoms with van der Waals surface area (Å²) in [5, 5.41) is 7.59. The Kier molecular flexibility index (Phi) is 4.08. The van der Waals surface area contributed by atoms with Crippen LogP contribution in [0.3, 0.4) is 0 Å². The third kappa shape index (κ3) is 3.05. The van der Waals surface area contributed by atoms with Gasteiger partial charge < -0.3 is 9.84 Å². The van der Waals surface area contributed by atoms with Gasteiger partial charge in [-0.15, -0.1) is 0 Å². The zero-order valence-corrected chi connectivity index (χ0v) is 11.7. The quantitative estimate of drug-likeness (QED) is 0.919. The molecule has 5 heteroatoms. The molecule has 1 aliphatic rings. The van der Waals surface area contributed by atoms with E-state index in [0.29, 0.717) is 6.04 Å². The molecule has 0 bridgehead atoms. The molecule has 0 saturated carbocycles. The number of nitrogens with zero attached hydrogens (tertiary/aromatic N) is 3. The molecule has 1 fully saturated rings. The first-order chi connectivity index (χ1) is 9.85. The van der Waals surface area contributed by atoms with E-state index in [1.54, 1.807) is 0 Å². The molecule has 106 valence electrons. The first-order valence-corrected chi connectivity index (χ1v) is 7.17. The van der Waals surface area contributed by atoms with Gasteiger partial charge in [0, 0.05) is 32.1 Å². The first-order valence-electron chi connectivity index (χ1n) is 7.17. The standard InChI is InChI=1S/C15H20N4O/c1-2-15-17-14(18-20-15)11-19-9-8-16-13(10-19)12-6-4-3-5-7-12/h3-7,13,16H,2,8-11H2,1H3/t13-/m0/s1. The second-order valence-electron chi connectivity index (χ2n) is 5.11. The SMILES string of the molecule is CCc1nc(CN2CCN[C@H](c3ccccc3)C2)no1. The molecule has 1 atom stereocenters. The topological polar surface area (TPSA) is 54.2 Å². The van der Waals surface area contributed by atoms with Crippen LogP contribution in [0, 0.1) is 0 Å². The Hall–Kier alpha value is -1.72. The summed E-state index contributed by atoms with van der Waals surface area (Å²) in [5.41, 5.74) is 1.33. The molecular weight excluding hydrogens is 252 g/mol. The maximum Gasteiger partial charge on any atom is 0.226 e. The Morgan fingerprint density at radius 1 is 1.35 bits per heavy atom. The van der Waals surface area contributed by atoms with Crippen LogP contribution in [0.2, 0.25) is 0 Å². The van der Waals surface area contributed by atoms with Crippen LogP contribution < -0.4 is 5.32 Å². The molecule has 20 heavy (non-hydrogen) atoms. The van der Waals surface area contributed by atoms with E-state index in [-0.39, 0.29) is 0 Å². The van der Waals surface area contributed by atoms with Gasteiger partial charge in [0.2, 0.25) is 5.89 Å². The van der Waals surface area contributed by atoms with Crippen molar-refractivity contribution in [2.75, 3.05) is 19.6 Å². The largest absolute Gasteiger partial charge is 0.339 e. The molecule has 1 saturated heterocycles. The number of nitrogens with one attached hydrogen (secondary N) is 1. The molecule has 0 unspecified atom stereocenters. The lowest BCUT2D eigenvalue weighted by Gasteiger charge is -2.33. The number of rotatable bonds is 4. The number of benzene rings is 1. The molecule has 0 amide bonds. The van der Waals surface area contributed by atoms with Crippen molar-refractivity contribution < 1.29 is 4.52 Å². The van der Waals surface area contributed by atoms with Crippen LogP contribution in [0.1, 0.15) is 30.2 Å². The number of aromatic nitrogens is 2. The molecule has 1 aromatic heterocycles. The summed E-state index contributed by atoms with van der Waals surface area (Å²) in [5.74, 6) is 1.50. The first kappa shape index (κ1) is 13.3. The van der Waals surface area contributed by atoms with Gasteiger partial charge in [-0.25, -0.2) is 0 Å². The summed E-state index contributed by atoms with van der Waals surface area (Å²) < 4.78 is 5.16. The van der Waals surface area contributed by atoms with Crippen molar-refractivity contribution in [3.05, 3.63) is 47.6 Å². The molecule has 1 N–H and O–H groups in total. The summed E-state index contributed by atoms with van der Waals surface area (Å²) in [6, 6.07) is 10.9. The Bertz CT molecular complexity index is 540. The average Bonchev–Trinajstić information content (AvgIpc) is 2.96. The fourth-order valence-corrected chi connectivity index (χ4v) is 2.56. The minimum absolute atomic E-state index is 0.377. The molecule has 0 radical (unpaired) electrons. The van der Waals surface area contributed by atoms with Crippen molar-refractivity contribution in [3.8, 4) is 0 Å². The van der Waals surface area contributed by atoms with E-state index in [1.807, 2.05) is 6.92 Å². The summed E-state index contributed by atoms with van der Waals surface area (Å²) in [4.78, 5) is 6.75. The van der Waals surface area contributed by atoms with Gasteiger partial charge in [0.1, 0.15) is 0 Å². The van der Waals surface area contributed by atoms with E-state index in [1.165, 1.54) is 5.56 Å². The van der Waals surface area contributed by atoms with Gasteiger partial charge in [-0.3, -0.25) is 4.90 Å². The average molecular weight is 272 g/mol. The summed E-state index contributed by atoms with van der Waals surface area (Å²) in [6.07, 6.45) is 0.793. The van der Waals surface area contributed by atoms with Gasteiger partial charge in [0.05, 0.1) is 6.54 Å². The highest BCUT2D eigenvalue weighted by Gasteiger charge is 2.21. The van der Waals surface area contributed by atoms with Gasteiger partial charge >= 0.3 is 0 Å². The van der Waals surface area contributed by atoms with E-state index in [0.717, 1.165) is 44.3 Å². The zero-order chi connectivity index (χ0) is 13.8. The fourth-order valence-electron chi connectivity index (χ4n) is 2.56. The van der Waals surface area contributed by atoms with Crippen molar-refractivity contribution in [2.45, 2.75) is 25.9 Å². The minimum atomic E-state index is 0.377. The molecule has 0 aliphatic carbocycles. The molecule has 5 nitrogen and oxygen atoms in total. The van der Waals surface area contributed by atoms with Crippen LogP contribution in [0.25, 0.3) is 0 Å². The Morgan fingerprint density at radius 3 is 2.95 bits per heavy atom. The summed E-state index contributed by atoms with van der Waals surface area (Å²) >= 11 is 0. The van der Waals surface area contributed by atoms with Crippen LogP contribution in [-0.4, -0.2) is 34.7 Å². The third-order valence-electron chi connectivity index (χ3n) is 3.64. The number of piperazine rings is 1. The number of aryl methyl sites for hydroxylation is 1. The molecular formula is C15H20N4O. The highest BCUT2D eigenvalue weighted by molar-refractivity contribution is 5.19. The molecule has 3 rings (SSSR count). The second-order valence-corrected chi connectivity index (χ2v) is 5.11. The van der Waals surface area contributed by atoms with E-state index in [4.69, 9.17) is 4.52 Å². The highest BCUT2D eigenvalue weighted by Crippen LogP contribution is 2.17. The lowest BCUT2D eigenvalue weighted by atomic mass is 10.0. The van der Waals surface area contributed by atoms with Crippen LogP contribution in [-0.2, 0) is 13.0 Å². The predicted octanol–water partition coefficient (Wildman–Crippen LogP) is 1.78. The Morgan fingerprint density at radius 2 is 2.20 bits per heavy atom. The highest BCUT2D eigenvalue weighted by atomic mass is 16.5. The van der Waals surface area contributed by atoms with Gasteiger partial charge in [0.15, 0.2) is 5.82 Å². The van der Waals surface area contributed by atoms with Gasteiger partial charge in [-0.2, -0.15) is 4.98 Å². The van der Waals surface area contributed by atoms with Crippen LogP contribution in [0.5, 0.6) is 0 Å².